The summed E-state index contributed by atoms with van der Waals surface area (Å²) >= 11 is 0. The molecule has 4 fully saturated rings. The van der Waals surface area contributed by atoms with Crippen LogP contribution in [0.25, 0.3) is 0 Å². The van der Waals surface area contributed by atoms with Gasteiger partial charge in [0.15, 0.2) is 0 Å². The zero-order chi connectivity index (χ0) is 21.7. The van der Waals surface area contributed by atoms with Crippen molar-refractivity contribution in [3.8, 4) is 0 Å². The minimum atomic E-state index is -4.82. The van der Waals surface area contributed by atoms with Crippen LogP contribution in [0.2, 0.25) is 5.31 Å². The molecular weight excluding hydrogens is 409 g/mol. The maximum absolute atomic E-state index is 13.1. The van der Waals surface area contributed by atoms with Gasteiger partial charge in [-0.05, 0) is 82.6 Å². The van der Waals surface area contributed by atoms with E-state index < -0.39 is 34.7 Å². The summed E-state index contributed by atoms with van der Waals surface area (Å²) in [5.41, 5.74) is -3.64. The average Bonchev–Trinajstić information content (AvgIpc) is 2.67. The fourth-order valence-corrected chi connectivity index (χ4v) is 5.17. The van der Waals surface area contributed by atoms with Gasteiger partial charge in [0, 0.05) is 5.31 Å². The first-order chi connectivity index (χ1) is 13.0. The molecular formula is C21H27BF6O2. The molecule has 0 N–H and O–H groups in total. The van der Waals surface area contributed by atoms with Gasteiger partial charge in [-0.25, -0.2) is 0 Å². The van der Waals surface area contributed by atoms with Gasteiger partial charge in [0.1, 0.15) is 0 Å². The highest BCUT2D eigenvalue weighted by molar-refractivity contribution is 6.51. The molecule has 1 aromatic rings. The van der Waals surface area contributed by atoms with Crippen LogP contribution in [0.3, 0.4) is 0 Å². The molecule has 3 aliphatic carbocycles. The number of benzene rings is 1. The Kier molecular flexibility index (Phi) is 5.01. The van der Waals surface area contributed by atoms with Crippen molar-refractivity contribution in [1.82, 2.24) is 0 Å². The summed E-state index contributed by atoms with van der Waals surface area (Å²) in [5, 5.41) is -0.181. The number of rotatable bonds is 3. The summed E-state index contributed by atoms with van der Waals surface area (Å²) < 4.78 is 90.7. The second kappa shape index (κ2) is 6.41. The third-order valence-electron chi connectivity index (χ3n) is 7.16. The molecule has 1 aliphatic heterocycles. The fourth-order valence-electron chi connectivity index (χ4n) is 5.17. The molecule has 5 rings (SSSR count). The van der Waals surface area contributed by atoms with Crippen molar-refractivity contribution in [2.45, 2.75) is 89.7 Å². The first-order valence-electron chi connectivity index (χ1n) is 9.61. The lowest BCUT2D eigenvalue weighted by Crippen LogP contribution is -2.64. The predicted molar refractivity (Wildman–Crippen MR) is 102 cm³/mol. The maximum Gasteiger partial charge on any atom is 0.464 e. The van der Waals surface area contributed by atoms with Crippen molar-refractivity contribution < 1.29 is 35.7 Å². The highest BCUT2D eigenvalue weighted by Gasteiger charge is 2.76. The minimum absolute atomic E-state index is 0. The van der Waals surface area contributed by atoms with Crippen molar-refractivity contribution in [2.75, 3.05) is 0 Å². The van der Waals surface area contributed by atoms with Gasteiger partial charge >= 0.3 is 19.5 Å². The molecule has 2 bridgehead atoms. The zero-order valence-electron chi connectivity index (χ0n) is 16.7. The van der Waals surface area contributed by atoms with Gasteiger partial charge < -0.3 is 9.31 Å². The third-order valence-corrected chi connectivity index (χ3v) is 7.16. The summed E-state index contributed by atoms with van der Waals surface area (Å²) in [7, 11) is -0.387. The van der Waals surface area contributed by atoms with E-state index >= 15 is 0 Å². The second-order valence-electron chi connectivity index (χ2n) is 10.1. The Hall–Kier alpha value is -1.22. The van der Waals surface area contributed by atoms with E-state index in [1.54, 1.807) is 0 Å². The van der Waals surface area contributed by atoms with E-state index in [1.807, 2.05) is 27.7 Å². The smallest absolute Gasteiger partial charge is 0.403 e. The van der Waals surface area contributed by atoms with Crippen LogP contribution in [-0.2, 0) is 28.1 Å². The molecule has 0 aromatic heterocycles. The molecule has 9 heteroatoms. The van der Waals surface area contributed by atoms with Gasteiger partial charge in [-0.15, -0.1) is 0 Å². The molecule has 168 valence electrons. The molecule has 0 unspecified atom stereocenters. The molecule has 0 amide bonds. The normalized spacial score (nSPS) is 31.6. The molecule has 2 nitrogen and oxygen atoms in total. The van der Waals surface area contributed by atoms with Crippen LogP contribution in [0.15, 0.2) is 18.2 Å². The molecule has 4 aliphatic rings. The molecule has 3 saturated carbocycles. The summed E-state index contributed by atoms with van der Waals surface area (Å²) in [4.78, 5) is 0. The van der Waals surface area contributed by atoms with E-state index in [2.05, 4.69) is 0 Å². The van der Waals surface area contributed by atoms with E-state index in [0.717, 1.165) is 12.1 Å². The first kappa shape index (κ1) is 23.4. The fraction of sp³-hybridized carbons (Fsp3) is 0.714. The van der Waals surface area contributed by atoms with E-state index in [4.69, 9.17) is 9.31 Å². The van der Waals surface area contributed by atoms with Crippen molar-refractivity contribution in [2.24, 2.45) is 5.41 Å². The van der Waals surface area contributed by atoms with Crippen LogP contribution in [0.4, 0.5) is 26.3 Å². The highest BCUT2D eigenvalue weighted by atomic mass is 19.4. The number of hydrogen-bond donors (Lipinski definition) is 0. The van der Waals surface area contributed by atoms with Gasteiger partial charge in [0.05, 0.1) is 22.3 Å². The minimum Gasteiger partial charge on any atom is -0.403 e. The number of halogens is 6. The molecule has 30 heavy (non-hydrogen) atoms. The van der Waals surface area contributed by atoms with Gasteiger partial charge in [0.25, 0.3) is 0 Å². The Morgan fingerprint density at radius 1 is 0.800 bits per heavy atom. The standard InChI is InChI=1S/C20H23BF6O2.CH4/c1-15(2)16(3,4)29-21(28-15)18-9-17(10-18,11-18)8-12-5-13(19(22,23)24)7-14(6-12)20(25,26)27;/h5-7H,8-11H2,1-4H3;1H4. The van der Waals surface area contributed by atoms with Gasteiger partial charge in [-0.2, -0.15) is 26.3 Å². The first-order valence-corrected chi connectivity index (χ1v) is 9.61. The predicted octanol–water partition coefficient (Wildman–Crippen LogP) is 6.92. The molecule has 1 saturated heterocycles. The molecule has 0 atom stereocenters. The van der Waals surface area contributed by atoms with Crippen LogP contribution in [0, 0.1) is 5.41 Å². The molecule has 0 spiro atoms. The van der Waals surface area contributed by atoms with Crippen molar-refractivity contribution >= 4 is 7.12 Å². The monoisotopic (exact) mass is 436 g/mol. The molecule has 1 heterocycles. The third kappa shape index (κ3) is 3.55. The van der Waals surface area contributed by atoms with Crippen molar-refractivity contribution in [3.05, 3.63) is 34.9 Å². The van der Waals surface area contributed by atoms with Crippen LogP contribution in [0.5, 0.6) is 0 Å². The van der Waals surface area contributed by atoms with E-state index in [0.29, 0.717) is 19.3 Å². The van der Waals surface area contributed by atoms with E-state index in [1.165, 1.54) is 0 Å². The van der Waals surface area contributed by atoms with Crippen LogP contribution >= 0.6 is 0 Å². The SMILES string of the molecule is C.CC1(C)OB(C23CC(Cc4cc(C(F)(F)F)cc(C(F)(F)F)c4)(C2)C3)OC1(C)C. The Morgan fingerprint density at radius 3 is 1.57 bits per heavy atom. The maximum atomic E-state index is 13.1. The van der Waals surface area contributed by atoms with Crippen LogP contribution in [0.1, 0.15) is 71.1 Å². The van der Waals surface area contributed by atoms with Gasteiger partial charge in [0.2, 0.25) is 0 Å². The summed E-state index contributed by atoms with van der Waals surface area (Å²) in [5.74, 6) is 0. The largest absolute Gasteiger partial charge is 0.464 e. The number of alkyl halides is 6. The van der Waals surface area contributed by atoms with Crippen LogP contribution in [-0.4, -0.2) is 18.3 Å². The Bertz CT molecular complexity index is 775. The average molecular weight is 436 g/mol. The van der Waals surface area contributed by atoms with Gasteiger partial charge in [-0.3, -0.25) is 0 Å². The Morgan fingerprint density at radius 2 is 1.20 bits per heavy atom. The van der Waals surface area contributed by atoms with Crippen LogP contribution < -0.4 is 0 Å². The Balaban J connectivity index is 0.00000256. The lowest BCUT2D eigenvalue weighted by Gasteiger charge is -2.71. The van der Waals surface area contributed by atoms with E-state index in [-0.39, 0.29) is 43.3 Å². The summed E-state index contributed by atoms with van der Waals surface area (Å²) in [6.45, 7) is 7.82. The quantitative estimate of drug-likeness (QED) is 0.378. The summed E-state index contributed by atoms with van der Waals surface area (Å²) in [6.07, 6.45) is -7.38. The van der Waals surface area contributed by atoms with Crippen molar-refractivity contribution in [3.63, 3.8) is 0 Å². The van der Waals surface area contributed by atoms with Crippen molar-refractivity contribution in [1.29, 1.82) is 0 Å². The van der Waals surface area contributed by atoms with E-state index in [9.17, 15) is 26.3 Å². The topological polar surface area (TPSA) is 18.5 Å². The lowest BCUT2D eigenvalue weighted by atomic mass is 9.23. The molecule has 1 aromatic carbocycles. The highest BCUT2D eigenvalue weighted by Crippen LogP contribution is 2.81. The number of hydrogen-bond acceptors (Lipinski definition) is 2. The second-order valence-corrected chi connectivity index (χ2v) is 10.1. The molecule has 0 radical (unpaired) electrons. The van der Waals surface area contributed by atoms with Gasteiger partial charge in [-0.1, -0.05) is 7.43 Å². The lowest BCUT2D eigenvalue weighted by molar-refractivity contribution is -0.143. The summed E-state index contributed by atoms with van der Waals surface area (Å²) in [6, 6.07) is 1.87. The Labute approximate surface area is 173 Å². The zero-order valence-corrected chi connectivity index (χ0v) is 16.7.